The van der Waals surface area contributed by atoms with Crippen molar-refractivity contribution in [3.05, 3.63) is 39.7 Å². The van der Waals surface area contributed by atoms with Crippen molar-refractivity contribution in [3.8, 4) is 11.4 Å². The Morgan fingerprint density at radius 2 is 2.12 bits per heavy atom. The quantitative estimate of drug-likeness (QED) is 0.607. The van der Waals surface area contributed by atoms with Gasteiger partial charge in [0.2, 0.25) is 5.95 Å². The highest BCUT2D eigenvalue weighted by molar-refractivity contribution is 6.32. The molecule has 0 bridgehead atoms. The van der Waals surface area contributed by atoms with Crippen molar-refractivity contribution < 1.29 is 17.6 Å². The van der Waals surface area contributed by atoms with Gasteiger partial charge < -0.3 is 15.2 Å². The van der Waals surface area contributed by atoms with Gasteiger partial charge >= 0.3 is 6.18 Å². The molecule has 1 saturated heterocycles. The summed E-state index contributed by atoms with van der Waals surface area (Å²) in [5.74, 6) is -1.18. The first kappa shape index (κ1) is 18.6. The highest BCUT2D eigenvalue weighted by Crippen LogP contribution is 2.32. The monoisotopic (exact) mass is 391 g/mol. The molecule has 0 aromatic carbocycles. The maximum atomic E-state index is 13.5. The number of aromatic nitrogens is 3. The number of rotatable bonds is 2. The van der Waals surface area contributed by atoms with Crippen LogP contribution in [0.3, 0.4) is 0 Å². The van der Waals surface area contributed by atoms with Gasteiger partial charge in [-0.25, -0.2) is 9.97 Å². The Bertz CT molecular complexity index is 857. The number of alkyl halides is 3. The fraction of sp³-hybridized carbons (Fsp3) is 0.400. The predicted molar refractivity (Wildman–Crippen MR) is 87.7 cm³/mol. The van der Waals surface area contributed by atoms with E-state index in [0.717, 1.165) is 17.2 Å². The van der Waals surface area contributed by atoms with Crippen molar-refractivity contribution >= 4 is 17.4 Å². The number of nitrogens with zero attached hydrogens (tertiary/aromatic N) is 3. The van der Waals surface area contributed by atoms with Crippen LogP contribution in [0.4, 0.5) is 23.4 Å². The topological polar surface area (TPSA) is 73.9 Å². The number of hydrogen-bond acceptors (Lipinski definition) is 5. The van der Waals surface area contributed by atoms with Crippen LogP contribution >= 0.6 is 11.6 Å². The van der Waals surface area contributed by atoms with Crippen molar-refractivity contribution in [2.45, 2.75) is 18.6 Å². The van der Waals surface area contributed by atoms with Gasteiger partial charge in [-0.1, -0.05) is 11.6 Å². The summed E-state index contributed by atoms with van der Waals surface area (Å²) in [5, 5.41) is 2.27. The van der Waals surface area contributed by atoms with Crippen molar-refractivity contribution in [3.63, 3.8) is 0 Å². The van der Waals surface area contributed by atoms with Gasteiger partial charge in [-0.05, 0) is 19.0 Å². The maximum Gasteiger partial charge on any atom is 0.410 e. The minimum absolute atomic E-state index is 0.0114. The molecule has 1 aliphatic heterocycles. The van der Waals surface area contributed by atoms with Crippen molar-refractivity contribution in [1.82, 2.24) is 20.3 Å². The van der Waals surface area contributed by atoms with Crippen LogP contribution < -0.4 is 15.8 Å². The van der Waals surface area contributed by atoms with E-state index in [1.807, 2.05) is 0 Å². The molecule has 0 radical (unpaired) electrons. The fourth-order valence-electron chi connectivity index (χ4n) is 2.75. The molecule has 1 aliphatic rings. The van der Waals surface area contributed by atoms with Crippen molar-refractivity contribution in [2.24, 2.45) is 0 Å². The van der Waals surface area contributed by atoms with Gasteiger partial charge in [-0.15, -0.1) is 0 Å². The lowest BCUT2D eigenvalue weighted by atomic mass is 10.2. The predicted octanol–water partition coefficient (Wildman–Crippen LogP) is 2.35. The summed E-state index contributed by atoms with van der Waals surface area (Å²) in [6, 6.07) is 0.504. The zero-order valence-electron chi connectivity index (χ0n) is 13.3. The molecule has 3 heterocycles. The zero-order chi connectivity index (χ0) is 18.9. The minimum atomic E-state index is -4.55. The molecule has 0 aliphatic carbocycles. The third-order valence-electron chi connectivity index (χ3n) is 3.96. The number of nitrogens with one attached hydrogen (secondary N) is 2. The SMILES string of the molecule is O=c1[nH]c(-c2ccnc(F)c2)nc(N2CCCNCC2C(F)(F)F)c1Cl. The molecule has 2 aromatic heterocycles. The highest BCUT2D eigenvalue weighted by Gasteiger charge is 2.45. The summed E-state index contributed by atoms with van der Waals surface area (Å²) >= 11 is 5.96. The second kappa shape index (κ2) is 7.20. The van der Waals surface area contributed by atoms with E-state index in [-0.39, 0.29) is 30.3 Å². The molecule has 26 heavy (non-hydrogen) atoms. The van der Waals surface area contributed by atoms with Gasteiger partial charge in [0.25, 0.3) is 5.56 Å². The van der Waals surface area contributed by atoms with E-state index in [9.17, 15) is 22.4 Å². The van der Waals surface area contributed by atoms with Gasteiger partial charge in [0, 0.05) is 30.9 Å². The summed E-state index contributed by atoms with van der Waals surface area (Å²) in [6.45, 7) is 0.0529. The summed E-state index contributed by atoms with van der Waals surface area (Å²) in [4.78, 5) is 22.9. The smallest absolute Gasteiger partial charge is 0.342 e. The number of halogens is 5. The van der Waals surface area contributed by atoms with E-state index in [4.69, 9.17) is 11.6 Å². The average molecular weight is 392 g/mol. The minimum Gasteiger partial charge on any atom is -0.342 e. The number of aromatic amines is 1. The first-order valence-corrected chi connectivity index (χ1v) is 8.11. The van der Waals surface area contributed by atoms with Crippen LogP contribution in [0.5, 0.6) is 0 Å². The number of anilines is 1. The van der Waals surface area contributed by atoms with Crippen LogP contribution in [0.1, 0.15) is 6.42 Å². The molecule has 0 saturated carbocycles. The lowest BCUT2D eigenvalue weighted by Crippen LogP contribution is -2.50. The molecular formula is C15H14ClF4N5O. The van der Waals surface area contributed by atoms with E-state index in [1.165, 1.54) is 6.07 Å². The van der Waals surface area contributed by atoms with E-state index in [1.54, 1.807) is 0 Å². The summed E-state index contributed by atoms with van der Waals surface area (Å²) < 4.78 is 53.7. The second-order valence-electron chi connectivity index (χ2n) is 5.73. The zero-order valence-corrected chi connectivity index (χ0v) is 14.0. The molecule has 1 fully saturated rings. The van der Waals surface area contributed by atoms with Gasteiger partial charge in [0.05, 0.1) is 0 Å². The standard InChI is InChI=1S/C15H14ClF4N5O/c16-11-13(25-5-1-3-21-7-9(25)15(18,19)20)23-12(24-14(11)26)8-2-4-22-10(17)6-8/h2,4,6,9,21H,1,3,5,7H2,(H,23,24,26). The van der Waals surface area contributed by atoms with Crippen LogP contribution in [0.25, 0.3) is 11.4 Å². The van der Waals surface area contributed by atoms with Gasteiger partial charge in [-0.3, -0.25) is 4.79 Å². The van der Waals surface area contributed by atoms with Crippen LogP contribution in [0, 0.1) is 5.95 Å². The van der Waals surface area contributed by atoms with Crippen LogP contribution in [-0.2, 0) is 0 Å². The molecule has 1 atom stereocenters. The van der Waals surface area contributed by atoms with Crippen molar-refractivity contribution in [1.29, 1.82) is 0 Å². The molecular weight excluding hydrogens is 378 g/mol. The highest BCUT2D eigenvalue weighted by atomic mass is 35.5. The van der Waals surface area contributed by atoms with E-state index >= 15 is 0 Å². The Labute approximate surface area is 150 Å². The molecule has 2 N–H and O–H groups in total. The Morgan fingerprint density at radius 1 is 1.35 bits per heavy atom. The third kappa shape index (κ3) is 3.80. The van der Waals surface area contributed by atoms with E-state index < -0.39 is 28.7 Å². The van der Waals surface area contributed by atoms with Crippen molar-refractivity contribution in [2.75, 3.05) is 24.5 Å². The first-order chi connectivity index (χ1) is 12.3. The molecule has 6 nitrogen and oxygen atoms in total. The lowest BCUT2D eigenvalue weighted by Gasteiger charge is -2.32. The molecule has 11 heteroatoms. The molecule has 0 amide bonds. The van der Waals surface area contributed by atoms with Crippen LogP contribution in [-0.4, -0.2) is 46.8 Å². The average Bonchev–Trinajstić information content (AvgIpc) is 2.83. The molecule has 0 spiro atoms. The summed E-state index contributed by atoms with van der Waals surface area (Å²) in [5.41, 5.74) is -0.633. The van der Waals surface area contributed by atoms with Crippen LogP contribution in [0.2, 0.25) is 5.02 Å². The second-order valence-corrected chi connectivity index (χ2v) is 6.11. The third-order valence-corrected chi connectivity index (χ3v) is 4.30. The fourth-order valence-corrected chi connectivity index (χ4v) is 2.95. The normalized spacial score (nSPS) is 18.7. The Hall–Kier alpha value is -2.20. The lowest BCUT2D eigenvalue weighted by molar-refractivity contribution is -0.147. The van der Waals surface area contributed by atoms with Gasteiger partial charge in [0.1, 0.15) is 16.9 Å². The molecule has 2 aromatic rings. The Kier molecular flexibility index (Phi) is 5.15. The Balaban J connectivity index is 2.12. The molecule has 140 valence electrons. The number of pyridine rings is 1. The van der Waals surface area contributed by atoms with E-state index in [2.05, 4.69) is 20.3 Å². The number of hydrogen-bond donors (Lipinski definition) is 2. The summed E-state index contributed by atoms with van der Waals surface area (Å²) in [6.07, 6.45) is -2.97. The van der Waals surface area contributed by atoms with Gasteiger partial charge in [0.15, 0.2) is 5.82 Å². The maximum absolute atomic E-state index is 13.5. The van der Waals surface area contributed by atoms with E-state index in [0.29, 0.717) is 13.0 Å². The molecule has 1 unspecified atom stereocenters. The largest absolute Gasteiger partial charge is 0.410 e. The van der Waals surface area contributed by atoms with Gasteiger partial charge in [-0.2, -0.15) is 17.6 Å². The summed E-state index contributed by atoms with van der Waals surface area (Å²) in [7, 11) is 0. The van der Waals surface area contributed by atoms with Crippen LogP contribution in [0.15, 0.2) is 23.1 Å². The molecule has 3 rings (SSSR count). The first-order valence-electron chi connectivity index (χ1n) is 7.73. The Morgan fingerprint density at radius 3 is 2.81 bits per heavy atom. The number of H-pyrrole nitrogens is 1.